The summed E-state index contributed by atoms with van der Waals surface area (Å²) in [6.07, 6.45) is 2.32. The molecule has 1 fully saturated rings. The third kappa shape index (κ3) is 1.32. The first-order valence-corrected chi connectivity index (χ1v) is 7.48. The van der Waals surface area contributed by atoms with Crippen LogP contribution < -0.4 is 9.04 Å². The zero-order valence-electron chi connectivity index (χ0n) is 10.1. The van der Waals surface area contributed by atoms with E-state index in [2.05, 4.69) is 0 Å². The Bertz CT molecular complexity index is 646. The minimum atomic E-state index is -3.44. The molecular formula is C12H13NO4S. The van der Waals surface area contributed by atoms with Gasteiger partial charge in [-0.2, -0.15) is 0 Å². The van der Waals surface area contributed by atoms with E-state index < -0.39 is 15.6 Å². The Morgan fingerprint density at radius 1 is 1.33 bits per heavy atom. The van der Waals surface area contributed by atoms with Crippen molar-refractivity contribution >= 4 is 21.5 Å². The number of methoxy groups -OCH3 is 1. The van der Waals surface area contributed by atoms with Gasteiger partial charge in [0.05, 0.1) is 19.1 Å². The SMILES string of the molecule is COc1ccc2c(c1)C(=O)C1(CC1)N2S(C)(=O)=O. The Hall–Kier alpha value is -1.56. The number of hydrogen-bond donors (Lipinski definition) is 0. The number of ether oxygens (including phenoxy) is 1. The Morgan fingerprint density at radius 3 is 2.50 bits per heavy atom. The van der Waals surface area contributed by atoms with Crippen molar-refractivity contribution in [3.05, 3.63) is 23.8 Å². The molecule has 2 aliphatic rings. The van der Waals surface area contributed by atoms with Gasteiger partial charge in [-0.1, -0.05) is 0 Å². The molecule has 1 aromatic carbocycles. The van der Waals surface area contributed by atoms with Crippen LogP contribution in [-0.2, 0) is 10.0 Å². The lowest BCUT2D eigenvalue weighted by Crippen LogP contribution is -2.41. The minimum Gasteiger partial charge on any atom is -0.497 e. The maximum atomic E-state index is 12.3. The summed E-state index contributed by atoms with van der Waals surface area (Å²) >= 11 is 0. The van der Waals surface area contributed by atoms with Crippen molar-refractivity contribution in [2.75, 3.05) is 17.7 Å². The molecule has 1 saturated carbocycles. The number of sulfonamides is 1. The van der Waals surface area contributed by atoms with Crippen LogP contribution in [0, 0.1) is 0 Å². The summed E-state index contributed by atoms with van der Waals surface area (Å²) in [5, 5.41) is 0. The molecule has 1 aliphatic carbocycles. The normalized spacial score (nSPS) is 20.1. The lowest BCUT2D eigenvalue weighted by molar-refractivity contribution is 0.0964. The number of benzene rings is 1. The van der Waals surface area contributed by atoms with E-state index in [4.69, 9.17) is 4.74 Å². The number of Topliss-reactive ketones (excluding diaryl/α,β-unsaturated/α-hetero) is 1. The number of fused-ring (bicyclic) bond motifs is 1. The fraction of sp³-hybridized carbons (Fsp3) is 0.417. The zero-order valence-corrected chi connectivity index (χ0v) is 11.0. The quantitative estimate of drug-likeness (QED) is 0.807. The van der Waals surface area contributed by atoms with Gasteiger partial charge in [0.1, 0.15) is 11.3 Å². The number of nitrogens with zero attached hydrogens (tertiary/aromatic N) is 1. The van der Waals surface area contributed by atoms with Crippen molar-refractivity contribution in [1.29, 1.82) is 0 Å². The number of ketones is 1. The van der Waals surface area contributed by atoms with E-state index in [1.807, 2.05) is 0 Å². The van der Waals surface area contributed by atoms with Crippen molar-refractivity contribution in [3.63, 3.8) is 0 Å². The van der Waals surface area contributed by atoms with Gasteiger partial charge < -0.3 is 4.74 Å². The van der Waals surface area contributed by atoms with E-state index in [1.165, 1.54) is 11.4 Å². The lowest BCUT2D eigenvalue weighted by atomic mass is 10.1. The van der Waals surface area contributed by atoms with Crippen LogP contribution in [0.2, 0.25) is 0 Å². The van der Waals surface area contributed by atoms with Crippen LogP contribution in [0.3, 0.4) is 0 Å². The topological polar surface area (TPSA) is 63.7 Å². The molecule has 3 rings (SSSR count). The molecule has 0 N–H and O–H groups in total. The van der Waals surface area contributed by atoms with E-state index >= 15 is 0 Å². The summed E-state index contributed by atoms with van der Waals surface area (Å²) in [5.41, 5.74) is 0.0699. The molecular weight excluding hydrogens is 254 g/mol. The predicted octanol–water partition coefficient (Wildman–Crippen LogP) is 1.19. The molecule has 1 aliphatic heterocycles. The first kappa shape index (κ1) is 11.5. The molecule has 0 bridgehead atoms. The molecule has 1 spiro atoms. The fourth-order valence-electron chi connectivity index (χ4n) is 2.62. The summed E-state index contributed by atoms with van der Waals surface area (Å²) in [6.45, 7) is 0. The highest BCUT2D eigenvalue weighted by molar-refractivity contribution is 7.92. The highest BCUT2D eigenvalue weighted by Crippen LogP contribution is 2.54. The van der Waals surface area contributed by atoms with Crippen LogP contribution in [0.1, 0.15) is 23.2 Å². The van der Waals surface area contributed by atoms with Gasteiger partial charge in [-0.05, 0) is 31.0 Å². The molecule has 18 heavy (non-hydrogen) atoms. The van der Waals surface area contributed by atoms with Crippen molar-refractivity contribution in [2.24, 2.45) is 0 Å². The summed E-state index contributed by atoms with van der Waals surface area (Å²) in [7, 11) is -1.93. The van der Waals surface area contributed by atoms with Crippen molar-refractivity contribution < 1.29 is 17.9 Å². The minimum absolute atomic E-state index is 0.109. The van der Waals surface area contributed by atoms with E-state index in [-0.39, 0.29) is 5.78 Å². The molecule has 0 aromatic heterocycles. The largest absolute Gasteiger partial charge is 0.497 e. The molecule has 6 heteroatoms. The molecule has 0 radical (unpaired) electrons. The number of carbonyl (C=O) groups excluding carboxylic acids is 1. The molecule has 1 heterocycles. The summed E-state index contributed by atoms with van der Waals surface area (Å²) in [6, 6.07) is 4.93. The number of rotatable bonds is 2. The first-order chi connectivity index (χ1) is 8.40. The third-order valence-electron chi connectivity index (χ3n) is 3.53. The van der Waals surface area contributed by atoms with E-state index in [9.17, 15) is 13.2 Å². The second-order valence-electron chi connectivity index (χ2n) is 4.77. The van der Waals surface area contributed by atoms with Gasteiger partial charge in [-0.15, -0.1) is 0 Å². The molecule has 1 aromatic rings. The average molecular weight is 267 g/mol. The first-order valence-electron chi connectivity index (χ1n) is 5.63. The Labute approximate surface area is 105 Å². The summed E-state index contributed by atoms with van der Waals surface area (Å²) < 4.78 is 30.1. The monoisotopic (exact) mass is 267 g/mol. The van der Waals surface area contributed by atoms with Crippen molar-refractivity contribution in [3.8, 4) is 5.75 Å². The third-order valence-corrected chi connectivity index (χ3v) is 4.74. The fourth-order valence-corrected chi connectivity index (χ4v) is 4.04. The number of anilines is 1. The molecule has 0 atom stereocenters. The van der Waals surface area contributed by atoms with Gasteiger partial charge in [0.25, 0.3) is 0 Å². The van der Waals surface area contributed by atoms with Crippen LogP contribution >= 0.6 is 0 Å². The average Bonchev–Trinajstić information content (AvgIpc) is 3.03. The van der Waals surface area contributed by atoms with Crippen molar-refractivity contribution in [1.82, 2.24) is 0 Å². The number of hydrogen-bond acceptors (Lipinski definition) is 4. The lowest BCUT2D eigenvalue weighted by Gasteiger charge is -2.23. The van der Waals surface area contributed by atoms with Gasteiger partial charge in [-0.3, -0.25) is 9.10 Å². The van der Waals surface area contributed by atoms with Crippen LogP contribution in [-0.4, -0.2) is 33.1 Å². The highest BCUT2D eigenvalue weighted by Gasteiger charge is 2.62. The van der Waals surface area contributed by atoms with E-state index in [1.54, 1.807) is 18.2 Å². The van der Waals surface area contributed by atoms with Gasteiger partial charge in [0.2, 0.25) is 10.0 Å². The Balaban J connectivity index is 2.23. The second-order valence-corrected chi connectivity index (χ2v) is 6.60. The molecule has 0 unspecified atom stereocenters. The Kier molecular flexibility index (Phi) is 2.09. The molecule has 0 saturated heterocycles. The molecule has 0 amide bonds. The summed E-state index contributed by atoms with van der Waals surface area (Å²) in [5.74, 6) is 0.454. The van der Waals surface area contributed by atoms with Gasteiger partial charge >= 0.3 is 0 Å². The van der Waals surface area contributed by atoms with Crippen molar-refractivity contribution in [2.45, 2.75) is 18.4 Å². The second kappa shape index (κ2) is 3.26. The van der Waals surface area contributed by atoms with Crippen LogP contribution in [0.15, 0.2) is 18.2 Å². The van der Waals surface area contributed by atoms with Gasteiger partial charge in [0, 0.05) is 5.56 Å². The Morgan fingerprint density at radius 2 is 2.00 bits per heavy atom. The molecule has 5 nitrogen and oxygen atoms in total. The summed E-state index contributed by atoms with van der Waals surface area (Å²) in [4.78, 5) is 12.3. The predicted molar refractivity (Wildman–Crippen MR) is 66.6 cm³/mol. The smallest absolute Gasteiger partial charge is 0.233 e. The molecule has 96 valence electrons. The van der Waals surface area contributed by atoms with Gasteiger partial charge in [0.15, 0.2) is 5.78 Å². The van der Waals surface area contributed by atoms with Crippen LogP contribution in [0.5, 0.6) is 5.75 Å². The highest BCUT2D eigenvalue weighted by atomic mass is 32.2. The number of carbonyl (C=O) groups is 1. The standard InChI is InChI=1S/C12H13NO4S/c1-17-8-3-4-10-9(7-8)11(14)12(5-6-12)13(10)18(2,15)16/h3-4,7H,5-6H2,1-2H3. The van der Waals surface area contributed by atoms with Gasteiger partial charge in [-0.25, -0.2) is 8.42 Å². The van der Waals surface area contributed by atoms with E-state index in [0.29, 0.717) is 29.8 Å². The zero-order chi connectivity index (χ0) is 13.1. The maximum absolute atomic E-state index is 12.3. The van der Waals surface area contributed by atoms with Crippen LogP contribution in [0.25, 0.3) is 0 Å². The van der Waals surface area contributed by atoms with Crippen LogP contribution in [0.4, 0.5) is 5.69 Å². The van der Waals surface area contributed by atoms with E-state index in [0.717, 1.165) is 6.26 Å². The maximum Gasteiger partial charge on any atom is 0.233 e.